The summed E-state index contributed by atoms with van der Waals surface area (Å²) >= 11 is 63.3. The van der Waals surface area contributed by atoms with E-state index in [9.17, 15) is 15.3 Å². The average molecular weight is 1430 g/mol. The van der Waals surface area contributed by atoms with E-state index in [1.54, 1.807) is 78.9 Å². The molecule has 0 aromatic heterocycles. The van der Waals surface area contributed by atoms with Crippen molar-refractivity contribution in [2.75, 3.05) is 104 Å². The Morgan fingerprint density at radius 2 is 0.839 bits per heavy atom. The molecule has 5 aromatic carbocycles. The first-order chi connectivity index (χ1) is 41.6. The number of likely N-dealkylation sites (tertiary alicyclic amines) is 2. The summed E-state index contributed by atoms with van der Waals surface area (Å²) in [7, 11) is 0. The van der Waals surface area contributed by atoms with E-state index in [0.29, 0.717) is 124 Å². The molecule has 27 heteroatoms. The highest BCUT2D eigenvalue weighted by molar-refractivity contribution is 6.44. The van der Waals surface area contributed by atoms with E-state index in [0.717, 1.165) is 96.8 Å². The fourth-order valence-corrected chi connectivity index (χ4v) is 9.82. The molecule has 10 rings (SSSR count). The Hall–Kier alpha value is -2.15. The van der Waals surface area contributed by atoms with Crippen molar-refractivity contribution in [2.24, 2.45) is 11.5 Å². The summed E-state index contributed by atoms with van der Waals surface area (Å²) in [6.07, 6.45) is 5.02. The van der Waals surface area contributed by atoms with Crippen molar-refractivity contribution in [3.8, 4) is 28.7 Å². The van der Waals surface area contributed by atoms with Gasteiger partial charge in [-0.15, -0.1) is 11.6 Å². The molecule has 484 valence electrons. The number of benzene rings is 5. The molecule has 5 aliphatic heterocycles. The van der Waals surface area contributed by atoms with Gasteiger partial charge in [0.25, 0.3) is 0 Å². The first kappa shape index (κ1) is 75.6. The number of alkyl halides is 1. The molecule has 87 heavy (non-hydrogen) atoms. The van der Waals surface area contributed by atoms with Gasteiger partial charge in [0.05, 0.1) is 75.4 Å². The van der Waals surface area contributed by atoms with Gasteiger partial charge in [0.1, 0.15) is 79.6 Å². The molecule has 0 spiro atoms. The molecule has 5 heterocycles. The maximum Gasteiger partial charge on any atom is 0.121 e. The lowest BCUT2D eigenvalue weighted by molar-refractivity contribution is 0.0556. The SMILES string of the molecule is ClC[C@@H]1CO1.Clc1ccc(OC[C@@H]2CO2)cc1Cl.NC1CCN(CC(O)COc2ccc(Cl)c(Cl)c2)CC1.NC1CCNCC1.O[C@H](COc1ccc(Cl)c(Cl)c1)CN1CCC(NC[C@H](O)COc2ccc(Cl)c(Cl)c2)CC1.Oc1ccc(Cl)c(Cl)c1. The first-order valence-corrected chi connectivity index (χ1v) is 32.6. The standard InChI is InChI=1S/C23H28Cl4N2O4.C14H20Cl2N2O2.C9H8Cl2O2.C6H4Cl2O.C5H12N2.C3H5ClO/c24-20-3-1-18(9-22(20)26)32-13-16(30)11-28-15-5-7-29(8-6-15)12-17(31)14-33-19-2-4-21(25)23(27)10-19;15-13-2-1-12(7-14(13)16)20-9-11(19)8-18-5-3-10(17)4-6-18;10-8-2-1-6(3-9(8)11)12-4-7-5-13-7;7-5-2-1-4(9)3-6(5)8;6-5-1-3-7-4-2-5;4-1-3-2-5-3/h1-4,9-10,15-17,28,30-31H,5-8,11-14H2;1-2,7,10-11,19H,3-6,8-9,17H2;1-3,7H,4-5H2;1-3,9H;5,7H,1-4,6H2;3H,1-2H2/t16-,17-;;7-;;;3-/m0.1..1/s1. The molecule has 5 aromatic rings. The maximum atomic E-state index is 10.3. The molecule has 0 aliphatic carbocycles. The molecule has 0 radical (unpaired) electrons. The summed E-state index contributed by atoms with van der Waals surface area (Å²) in [6.45, 7) is 10.2. The van der Waals surface area contributed by atoms with Gasteiger partial charge in [-0.05, 0) is 145 Å². The van der Waals surface area contributed by atoms with E-state index < -0.39 is 18.3 Å². The van der Waals surface area contributed by atoms with E-state index >= 15 is 0 Å². The monoisotopic (exact) mass is 1430 g/mol. The van der Waals surface area contributed by atoms with Gasteiger partial charge in [-0.25, -0.2) is 0 Å². The van der Waals surface area contributed by atoms with E-state index in [1.807, 2.05) is 0 Å². The predicted molar refractivity (Wildman–Crippen MR) is 355 cm³/mol. The third-order valence-corrected chi connectivity index (χ3v) is 17.4. The first-order valence-electron chi connectivity index (χ1n) is 28.3. The molecule has 1 unspecified atom stereocenters. The third kappa shape index (κ3) is 32.3. The normalized spacial score (nSPS) is 18.8. The average Bonchev–Trinajstić information content (AvgIpc) is 4.58. The van der Waals surface area contributed by atoms with Crippen LogP contribution in [0.3, 0.4) is 0 Å². The Morgan fingerprint density at radius 3 is 1.17 bits per heavy atom. The number of piperidine rings is 3. The van der Waals surface area contributed by atoms with E-state index in [1.165, 1.54) is 12.1 Å². The lowest BCUT2D eigenvalue weighted by Crippen LogP contribution is -2.47. The van der Waals surface area contributed by atoms with E-state index in [4.69, 9.17) is 173 Å². The van der Waals surface area contributed by atoms with Crippen molar-refractivity contribution >= 4 is 128 Å². The number of epoxide rings is 2. The Labute approximate surface area is 565 Å². The summed E-state index contributed by atoms with van der Waals surface area (Å²) < 4.78 is 31.8. The Balaban J connectivity index is 0.000000215. The number of rotatable bonds is 20. The number of halogens is 11. The summed E-state index contributed by atoms with van der Waals surface area (Å²) in [5.41, 5.74) is 11.4. The highest BCUT2D eigenvalue weighted by Gasteiger charge is 2.25. The van der Waals surface area contributed by atoms with Crippen molar-refractivity contribution in [1.29, 1.82) is 0 Å². The zero-order chi connectivity index (χ0) is 63.3. The number of hydrogen-bond acceptors (Lipinski definition) is 16. The number of aliphatic hydroxyl groups is 3. The van der Waals surface area contributed by atoms with Crippen molar-refractivity contribution in [2.45, 2.75) is 87.2 Å². The van der Waals surface area contributed by atoms with Crippen LogP contribution in [0.15, 0.2) is 91.0 Å². The van der Waals surface area contributed by atoms with Gasteiger partial charge in [-0.1, -0.05) is 116 Å². The number of phenols is 1. The number of nitrogens with two attached hydrogens (primary N) is 2. The Bertz CT molecular complexity index is 2760. The van der Waals surface area contributed by atoms with Crippen LogP contribution in [0.2, 0.25) is 50.2 Å². The molecule has 5 atom stereocenters. The number of hydrogen-bond donors (Lipinski definition) is 8. The van der Waals surface area contributed by atoms with Gasteiger partial charge < -0.3 is 80.7 Å². The number of aliphatic hydroxyl groups excluding tert-OH is 3. The van der Waals surface area contributed by atoms with E-state index in [2.05, 4.69) is 20.4 Å². The van der Waals surface area contributed by atoms with Crippen LogP contribution in [-0.2, 0) is 9.47 Å². The number of β-amino-alcohol motifs (C(OH)–C–C–N with tert-alkyl or cyclic N) is 2. The topological polar surface area (TPSA) is 225 Å². The minimum atomic E-state index is -0.641. The summed E-state index contributed by atoms with van der Waals surface area (Å²) in [4.78, 5) is 4.43. The highest BCUT2D eigenvalue weighted by Crippen LogP contribution is 2.30. The predicted octanol–water partition coefficient (Wildman–Crippen LogP) is 12.5. The zero-order valence-corrected chi connectivity index (χ0v) is 56.1. The van der Waals surface area contributed by atoms with Crippen molar-refractivity contribution in [3.63, 3.8) is 0 Å². The number of nitrogens with one attached hydrogen (secondary N) is 2. The van der Waals surface area contributed by atoms with Gasteiger partial charge in [0.15, 0.2) is 0 Å². The molecule has 0 bridgehead atoms. The Morgan fingerprint density at radius 1 is 0.483 bits per heavy atom. The van der Waals surface area contributed by atoms with Crippen molar-refractivity contribution in [1.82, 2.24) is 20.4 Å². The van der Waals surface area contributed by atoms with Gasteiger partial charge in [-0.2, -0.15) is 0 Å². The van der Waals surface area contributed by atoms with Crippen molar-refractivity contribution in [3.05, 3.63) is 141 Å². The van der Waals surface area contributed by atoms with Crippen LogP contribution in [0.4, 0.5) is 0 Å². The van der Waals surface area contributed by atoms with E-state index in [-0.39, 0.29) is 31.7 Å². The van der Waals surface area contributed by atoms with Crippen LogP contribution in [-0.4, -0.2) is 183 Å². The lowest BCUT2D eigenvalue weighted by Gasteiger charge is -2.33. The summed E-state index contributed by atoms with van der Waals surface area (Å²) in [5, 5.41) is 50.5. The largest absolute Gasteiger partial charge is 0.508 e. The fourth-order valence-electron chi connectivity index (χ4n) is 8.20. The molecular weight excluding hydrogens is 1350 g/mol. The number of nitrogens with zero attached hydrogens (tertiary/aromatic N) is 2. The molecule has 10 N–H and O–H groups in total. The number of ether oxygens (including phenoxy) is 6. The molecule has 0 saturated carbocycles. The molecule has 0 amide bonds. The summed E-state index contributed by atoms with van der Waals surface area (Å²) in [6, 6.07) is 25.8. The van der Waals surface area contributed by atoms with Gasteiger partial charge in [0.2, 0.25) is 0 Å². The minimum absolute atomic E-state index is 0.129. The van der Waals surface area contributed by atoms with Crippen LogP contribution >= 0.6 is 128 Å². The van der Waals surface area contributed by atoms with Crippen LogP contribution < -0.4 is 41.0 Å². The fraction of sp³-hybridized carbons (Fsp3) is 0.500. The van der Waals surface area contributed by atoms with Crippen LogP contribution in [0.5, 0.6) is 28.7 Å². The van der Waals surface area contributed by atoms with Crippen molar-refractivity contribution < 1.29 is 48.8 Å². The minimum Gasteiger partial charge on any atom is -0.508 e. The lowest BCUT2D eigenvalue weighted by atomic mass is 10.0. The van der Waals surface area contributed by atoms with Crippen LogP contribution in [0, 0.1) is 0 Å². The quantitative estimate of drug-likeness (QED) is 0.0268. The second-order valence-electron chi connectivity index (χ2n) is 20.9. The molecule has 5 aliphatic rings. The smallest absolute Gasteiger partial charge is 0.121 e. The molecule has 16 nitrogen and oxygen atoms in total. The second-order valence-corrected chi connectivity index (χ2v) is 25.3. The molecule has 5 saturated heterocycles. The molecule has 5 fully saturated rings. The number of phenolic OH excluding ortho intramolecular Hbond substituents is 1. The highest BCUT2D eigenvalue weighted by atomic mass is 35.5. The third-order valence-electron chi connectivity index (χ3n) is 13.4. The van der Waals surface area contributed by atoms with Crippen LogP contribution in [0.1, 0.15) is 38.5 Å². The van der Waals surface area contributed by atoms with Gasteiger partial charge in [0, 0.05) is 62.0 Å². The van der Waals surface area contributed by atoms with Gasteiger partial charge in [-0.3, -0.25) is 0 Å². The second kappa shape index (κ2) is 41.4. The summed E-state index contributed by atoms with van der Waals surface area (Å²) in [5.74, 6) is 3.28. The molecular formula is C60H77Cl11N6O10. The zero-order valence-electron chi connectivity index (χ0n) is 47.8. The Kier molecular flexibility index (Phi) is 36.0. The number of aromatic hydroxyl groups is 1. The maximum absolute atomic E-state index is 10.3. The van der Waals surface area contributed by atoms with Gasteiger partial charge >= 0.3 is 0 Å². The van der Waals surface area contributed by atoms with Crippen LogP contribution in [0.25, 0.3) is 0 Å².